The Labute approximate surface area is 566 Å². The van der Waals surface area contributed by atoms with Crippen molar-refractivity contribution < 1.29 is 89.4 Å². The number of unbranched alkanes of at least 4 members (excludes halogenated alkanes) is 29. The van der Waals surface area contributed by atoms with Crippen LogP contribution in [0, 0.1) is 0 Å². The fourth-order valence-corrected chi connectivity index (χ4v) is 12.3. The van der Waals surface area contributed by atoms with Crippen molar-refractivity contribution in [1.82, 2.24) is 5.32 Å². The third-order valence-corrected chi connectivity index (χ3v) is 18.3. The summed E-state index contributed by atoms with van der Waals surface area (Å²) in [6, 6.07) is -0.886. The second-order valence-corrected chi connectivity index (χ2v) is 26.4. The third-order valence-electron chi connectivity index (χ3n) is 18.3. The van der Waals surface area contributed by atoms with Crippen molar-refractivity contribution in [2.75, 3.05) is 26.4 Å². The highest BCUT2D eigenvalue weighted by Gasteiger charge is 2.53. The van der Waals surface area contributed by atoms with E-state index in [4.69, 9.17) is 28.4 Å². The first-order chi connectivity index (χ1) is 45.8. The van der Waals surface area contributed by atoms with Crippen LogP contribution in [0.25, 0.3) is 0 Å². The molecule has 19 heteroatoms. The van der Waals surface area contributed by atoms with Crippen molar-refractivity contribution >= 4 is 5.91 Å². The molecule has 3 aliphatic heterocycles. The van der Waals surface area contributed by atoms with Crippen LogP contribution in [0.3, 0.4) is 0 Å². The molecule has 17 unspecified atom stereocenters. The summed E-state index contributed by atoms with van der Waals surface area (Å²) >= 11 is 0. The zero-order valence-corrected chi connectivity index (χ0v) is 57.9. The first-order valence-corrected chi connectivity index (χ1v) is 37.2. The Balaban J connectivity index is 1.27. The van der Waals surface area contributed by atoms with Crippen LogP contribution in [-0.4, -0.2) is 193 Å². The van der Waals surface area contributed by atoms with Crippen LogP contribution in [0.5, 0.6) is 0 Å². The summed E-state index contributed by atoms with van der Waals surface area (Å²) in [5.74, 6) is -0.243. The van der Waals surface area contributed by atoms with Gasteiger partial charge in [0.15, 0.2) is 18.9 Å². The maximum absolute atomic E-state index is 13.4. The van der Waals surface area contributed by atoms with Crippen molar-refractivity contribution in [2.45, 2.75) is 369 Å². The smallest absolute Gasteiger partial charge is 0.220 e. The number of rotatable bonds is 57. The maximum atomic E-state index is 13.4. The van der Waals surface area contributed by atoms with Crippen LogP contribution in [0.2, 0.25) is 0 Å². The average Bonchev–Trinajstić information content (AvgIpc) is 0.788. The van der Waals surface area contributed by atoms with E-state index >= 15 is 0 Å². The molecule has 94 heavy (non-hydrogen) atoms. The summed E-state index contributed by atoms with van der Waals surface area (Å²) in [5, 5.41) is 120. The topological polar surface area (TPSA) is 307 Å². The number of hydrogen-bond donors (Lipinski definition) is 12. The van der Waals surface area contributed by atoms with Gasteiger partial charge in [0.1, 0.15) is 73.2 Å². The minimum atomic E-state index is -1.97. The van der Waals surface area contributed by atoms with Crippen molar-refractivity contribution in [3.63, 3.8) is 0 Å². The molecule has 0 aromatic heterocycles. The summed E-state index contributed by atoms with van der Waals surface area (Å²) < 4.78 is 34.4. The third kappa shape index (κ3) is 36.9. The van der Waals surface area contributed by atoms with Crippen LogP contribution >= 0.6 is 0 Å². The van der Waals surface area contributed by atoms with E-state index in [9.17, 15) is 61.0 Å². The zero-order chi connectivity index (χ0) is 68.2. The Morgan fingerprint density at radius 1 is 0.394 bits per heavy atom. The van der Waals surface area contributed by atoms with Gasteiger partial charge in [0.2, 0.25) is 5.91 Å². The zero-order valence-electron chi connectivity index (χ0n) is 57.9. The quantitative estimate of drug-likeness (QED) is 0.0199. The summed E-state index contributed by atoms with van der Waals surface area (Å²) in [6.45, 7) is 1.66. The van der Waals surface area contributed by atoms with Crippen molar-refractivity contribution in [1.29, 1.82) is 0 Å². The van der Waals surface area contributed by atoms with Crippen LogP contribution < -0.4 is 5.32 Å². The highest BCUT2D eigenvalue weighted by molar-refractivity contribution is 5.76. The molecule has 3 rings (SSSR count). The lowest BCUT2D eigenvalue weighted by Crippen LogP contribution is -2.66. The van der Waals surface area contributed by atoms with E-state index in [1.54, 1.807) is 0 Å². The molecular weight excluding hydrogens is 1200 g/mol. The highest BCUT2D eigenvalue weighted by atomic mass is 16.8. The Hall–Kier alpha value is -2.77. The molecule has 0 saturated carbocycles. The van der Waals surface area contributed by atoms with Crippen molar-refractivity contribution in [3.8, 4) is 0 Å². The van der Waals surface area contributed by atoms with Gasteiger partial charge < -0.3 is 89.9 Å². The largest absolute Gasteiger partial charge is 0.394 e. The van der Waals surface area contributed by atoms with Crippen LogP contribution in [0.1, 0.15) is 264 Å². The van der Waals surface area contributed by atoms with Gasteiger partial charge in [0.25, 0.3) is 0 Å². The van der Waals surface area contributed by atoms with Gasteiger partial charge in [-0.2, -0.15) is 0 Å². The summed E-state index contributed by atoms with van der Waals surface area (Å²) in [6.07, 6.45) is 44.6. The molecule has 0 aromatic rings. The van der Waals surface area contributed by atoms with Gasteiger partial charge in [0, 0.05) is 6.42 Å². The van der Waals surface area contributed by atoms with E-state index in [0.717, 1.165) is 83.5 Å². The number of hydrogen-bond acceptors (Lipinski definition) is 18. The Morgan fingerprint density at radius 3 is 1.15 bits per heavy atom. The standard InChI is InChI=1S/C75H133NO18/c1-3-5-7-9-11-13-15-16-17-18-19-20-21-22-23-24-25-26-27-28-29-30-31-32-33-34-35-36-37-38-39-40-41-42-43-45-47-49-51-53-63(81)76-58(59(80)52-50-48-46-44-14-12-10-8-6-4-2)57-89-73-69(87)66(84)71(61(55-78)91-73)94-75-70(88)67(85)72(62(56-79)92-75)93-74-68(86)65(83)64(82)60(54-77)90-74/h5,7,11,13,16-17,19-20,22-23,25-26,58-62,64-75,77-80,82-88H,3-4,6,8-10,12,14-15,18,21,24,27-57H2,1-2H3,(H,76,81)/b7-5-,13-11-,17-16-,20-19-,23-22-,26-25-. The molecule has 19 nitrogen and oxygen atoms in total. The Kier molecular flexibility index (Phi) is 50.9. The lowest BCUT2D eigenvalue weighted by molar-refractivity contribution is -0.379. The van der Waals surface area contributed by atoms with Gasteiger partial charge in [-0.3, -0.25) is 4.79 Å². The van der Waals surface area contributed by atoms with Gasteiger partial charge in [-0.1, -0.05) is 267 Å². The van der Waals surface area contributed by atoms with Gasteiger partial charge >= 0.3 is 0 Å². The van der Waals surface area contributed by atoms with Crippen LogP contribution in [0.4, 0.5) is 0 Å². The molecular formula is C75H133NO18. The summed E-state index contributed by atoms with van der Waals surface area (Å²) in [7, 11) is 0. The molecule has 0 aliphatic carbocycles. The first-order valence-electron chi connectivity index (χ1n) is 37.2. The molecule has 12 N–H and O–H groups in total. The van der Waals surface area contributed by atoms with E-state index in [-0.39, 0.29) is 18.9 Å². The normalized spacial score (nSPS) is 27.8. The maximum Gasteiger partial charge on any atom is 0.220 e. The first kappa shape index (κ1) is 85.5. The minimum absolute atomic E-state index is 0.243. The number of amides is 1. The SMILES string of the molecule is CC/C=C\C/C=C\C/C=C\C/C=C\C/C=C\C/C=C\CCCCCCCCCCCCCCCCCCCCCCC(=O)NC(COC1OC(CO)C(OC2OC(CO)C(OC3OC(CO)C(O)C(O)C3O)C(O)C2O)C(O)C1O)C(O)CCCCCCCCCCCC. The molecule has 3 aliphatic rings. The molecule has 3 heterocycles. The number of carbonyl (C=O) groups excluding carboxylic acids is 1. The van der Waals surface area contributed by atoms with Gasteiger partial charge in [-0.15, -0.1) is 0 Å². The molecule has 546 valence electrons. The molecule has 0 bridgehead atoms. The van der Waals surface area contributed by atoms with Gasteiger partial charge in [-0.25, -0.2) is 0 Å². The summed E-state index contributed by atoms with van der Waals surface area (Å²) in [4.78, 5) is 13.4. The average molecular weight is 1340 g/mol. The molecule has 1 amide bonds. The van der Waals surface area contributed by atoms with E-state index in [2.05, 4.69) is 92.1 Å². The molecule has 0 spiro atoms. The predicted octanol–water partition coefficient (Wildman–Crippen LogP) is 10.9. The van der Waals surface area contributed by atoms with E-state index in [1.165, 1.54) is 148 Å². The van der Waals surface area contributed by atoms with Gasteiger partial charge in [-0.05, 0) is 64.2 Å². The number of nitrogens with one attached hydrogen (secondary N) is 1. The number of allylic oxidation sites excluding steroid dienone is 12. The van der Waals surface area contributed by atoms with E-state index in [0.29, 0.717) is 12.8 Å². The number of ether oxygens (including phenoxy) is 6. The molecule has 3 saturated heterocycles. The van der Waals surface area contributed by atoms with E-state index in [1.807, 2.05) is 0 Å². The number of aliphatic hydroxyl groups is 11. The second-order valence-electron chi connectivity index (χ2n) is 26.4. The number of aliphatic hydroxyl groups excluding tert-OH is 11. The van der Waals surface area contributed by atoms with Crippen LogP contribution in [-0.2, 0) is 33.2 Å². The second kappa shape index (κ2) is 56.0. The lowest BCUT2D eigenvalue weighted by atomic mass is 9.96. The monoisotopic (exact) mass is 1340 g/mol. The minimum Gasteiger partial charge on any atom is -0.394 e. The van der Waals surface area contributed by atoms with Crippen molar-refractivity contribution in [3.05, 3.63) is 72.9 Å². The fraction of sp³-hybridized carbons (Fsp3) is 0.827. The van der Waals surface area contributed by atoms with E-state index < -0.39 is 124 Å². The lowest BCUT2D eigenvalue weighted by Gasteiger charge is -2.48. The molecule has 0 radical (unpaired) electrons. The van der Waals surface area contributed by atoms with Crippen LogP contribution in [0.15, 0.2) is 72.9 Å². The fourth-order valence-electron chi connectivity index (χ4n) is 12.3. The summed E-state index contributed by atoms with van der Waals surface area (Å²) in [5.41, 5.74) is 0. The van der Waals surface area contributed by atoms with Crippen molar-refractivity contribution in [2.24, 2.45) is 0 Å². The Morgan fingerprint density at radius 2 is 0.734 bits per heavy atom. The highest BCUT2D eigenvalue weighted by Crippen LogP contribution is 2.33. The van der Waals surface area contributed by atoms with Gasteiger partial charge in [0.05, 0.1) is 38.6 Å². The molecule has 17 atom stereocenters. The number of carbonyl (C=O) groups is 1. The predicted molar refractivity (Wildman–Crippen MR) is 369 cm³/mol. The Bertz CT molecular complexity index is 1980. The molecule has 0 aromatic carbocycles. The molecule has 3 fully saturated rings.